The molecule has 0 aliphatic carbocycles. The zero-order valence-electron chi connectivity index (χ0n) is 10.5. The fourth-order valence-corrected chi connectivity index (χ4v) is 1.71. The molecule has 5 heteroatoms. The molecule has 2 aromatic carbocycles. The van der Waals surface area contributed by atoms with Gasteiger partial charge in [-0.05, 0) is 43.2 Å². The summed E-state index contributed by atoms with van der Waals surface area (Å²) in [5.41, 5.74) is 1.21. The number of ether oxygens (including phenoxy) is 1. The Kier molecular flexibility index (Phi) is 3.46. The Hall–Kier alpha value is -2.43. The second-order valence-electron chi connectivity index (χ2n) is 4.14. The molecule has 0 N–H and O–H groups in total. The zero-order chi connectivity index (χ0) is 14.0. The second kappa shape index (κ2) is 5.06. The van der Waals surface area contributed by atoms with Crippen molar-refractivity contribution in [3.63, 3.8) is 0 Å². The van der Waals surface area contributed by atoms with Gasteiger partial charge in [-0.2, -0.15) is 4.39 Å². The molecule has 4 nitrogen and oxygen atoms in total. The van der Waals surface area contributed by atoms with Gasteiger partial charge in [0.15, 0.2) is 0 Å². The van der Waals surface area contributed by atoms with Crippen molar-refractivity contribution in [2.24, 2.45) is 0 Å². The first-order chi connectivity index (χ1) is 9.00. The summed E-state index contributed by atoms with van der Waals surface area (Å²) < 4.78 is 18.9. The Morgan fingerprint density at radius 3 is 2.42 bits per heavy atom. The molecule has 19 heavy (non-hydrogen) atoms. The molecule has 0 unspecified atom stereocenters. The lowest BCUT2D eigenvalue weighted by atomic mass is 10.1. The molecule has 0 bridgehead atoms. The van der Waals surface area contributed by atoms with Crippen LogP contribution in [0.4, 0.5) is 10.1 Å². The van der Waals surface area contributed by atoms with E-state index in [1.807, 2.05) is 19.9 Å². The van der Waals surface area contributed by atoms with Crippen molar-refractivity contribution in [2.75, 3.05) is 0 Å². The summed E-state index contributed by atoms with van der Waals surface area (Å²) in [6.07, 6.45) is 0. The summed E-state index contributed by atoms with van der Waals surface area (Å²) in [6, 6.07) is 9.17. The minimum Gasteiger partial charge on any atom is -0.450 e. The zero-order valence-corrected chi connectivity index (χ0v) is 10.5. The molecule has 98 valence electrons. The van der Waals surface area contributed by atoms with Gasteiger partial charge >= 0.3 is 5.69 Å². The third-order valence-corrected chi connectivity index (χ3v) is 2.91. The summed E-state index contributed by atoms with van der Waals surface area (Å²) in [5.74, 6) is -0.528. The number of rotatable bonds is 3. The predicted molar refractivity (Wildman–Crippen MR) is 69.0 cm³/mol. The van der Waals surface area contributed by atoms with E-state index in [2.05, 4.69) is 0 Å². The van der Waals surface area contributed by atoms with Gasteiger partial charge in [-0.25, -0.2) is 0 Å². The van der Waals surface area contributed by atoms with Crippen molar-refractivity contribution in [3.05, 3.63) is 63.5 Å². The van der Waals surface area contributed by atoms with Crippen LogP contribution in [0.3, 0.4) is 0 Å². The highest BCUT2D eigenvalue weighted by Gasteiger charge is 2.22. The van der Waals surface area contributed by atoms with Gasteiger partial charge in [-0.3, -0.25) is 10.1 Å². The van der Waals surface area contributed by atoms with Crippen LogP contribution in [0.2, 0.25) is 0 Å². The maximum atomic E-state index is 13.5. The molecule has 0 radical (unpaired) electrons. The van der Waals surface area contributed by atoms with Gasteiger partial charge in [0.2, 0.25) is 11.6 Å². The molecule has 0 aliphatic heterocycles. The van der Waals surface area contributed by atoms with Crippen molar-refractivity contribution in [1.29, 1.82) is 0 Å². The quantitative estimate of drug-likeness (QED) is 0.616. The third-order valence-electron chi connectivity index (χ3n) is 2.91. The van der Waals surface area contributed by atoms with Crippen LogP contribution in [0.15, 0.2) is 36.4 Å². The minimum absolute atomic E-state index is 0.0984. The fraction of sp³-hybridized carbons (Fsp3) is 0.143. The van der Waals surface area contributed by atoms with Crippen molar-refractivity contribution >= 4 is 5.69 Å². The van der Waals surface area contributed by atoms with Gasteiger partial charge in [-0.1, -0.05) is 18.2 Å². The van der Waals surface area contributed by atoms with E-state index in [4.69, 9.17) is 4.74 Å². The van der Waals surface area contributed by atoms with Gasteiger partial charge < -0.3 is 4.74 Å². The van der Waals surface area contributed by atoms with E-state index in [9.17, 15) is 14.5 Å². The number of nitro groups is 1. The average molecular weight is 261 g/mol. The van der Waals surface area contributed by atoms with Crippen LogP contribution in [0, 0.1) is 29.8 Å². The molecule has 0 aromatic heterocycles. The summed E-state index contributed by atoms with van der Waals surface area (Å²) in [6.45, 7) is 3.75. The van der Waals surface area contributed by atoms with Crippen LogP contribution in [-0.2, 0) is 0 Å². The van der Waals surface area contributed by atoms with E-state index < -0.39 is 16.4 Å². The Balaban J connectivity index is 2.47. The number of aryl methyl sites for hydroxylation is 1. The van der Waals surface area contributed by atoms with Crippen LogP contribution in [0.5, 0.6) is 11.5 Å². The molecular formula is C14H12FNO3. The van der Waals surface area contributed by atoms with Crippen LogP contribution in [-0.4, -0.2) is 4.92 Å². The number of benzene rings is 2. The third kappa shape index (κ3) is 2.54. The largest absolute Gasteiger partial charge is 0.450 e. The Labute approximate surface area is 109 Å². The van der Waals surface area contributed by atoms with E-state index in [0.717, 1.165) is 17.2 Å². The van der Waals surface area contributed by atoms with Crippen molar-refractivity contribution in [1.82, 2.24) is 0 Å². The normalized spacial score (nSPS) is 10.3. The highest BCUT2D eigenvalue weighted by Crippen LogP contribution is 2.35. The molecule has 0 atom stereocenters. The molecule has 0 spiro atoms. The van der Waals surface area contributed by atoms with Crippen LogP contribution >= 0.6 is 0 Å². The number of para-hydroxylation sites is 1. The molecule has 0 heterocycles. The monoisotopic (exact) mass is 261 g/mol. The second-order valence-corrected chi connectivity index (χ2v) is 4.14. The molecule has 0 saturated heterocycles. The lowest BCUT2D eigenvalue weighted by Crippen LogP contribution is -1.97. The van der Waals surface area contributed by atoms with Gasteiger partial charge in [0.25, 0.3) is 0 Å². The van der Waals surface area contributed by atoms with E-state index in [1.165, 1.54) is 12.1 Å². The standard InChI is InChI=1S/C14H12FNO3/c1-9-5-3-7-12(10(9)2)19-13-8-4-6-11(15)14(13)16(17)18/h3-8H,1-2H3. The summed E-state index contributed by atoms with van der Waals surface area (Å²) in [4.78, 5) is 10.1. The van der Waals surface area contributed by atoms with Crippen molar-refractivity contribution in [3.8, 4) is 11.5 Å². The summed E-state index contributed by atoms with van der Waals surface area (Å²) in [7, 11) is 0. The lowest BCUT2D eigenvalue weighted by molar-refractivity contribution is -0.388. The molecular weight excluding hydrogens is 249 g/mol. The minimum atomic E-state index is -0.909. The van der Waals surface area contributed by atoms with E-state index in [1.54, 1.807) is 12.1 Å². The average Bonchev–Trinajstić information content (AvgIpc) is 2.34. The van der Waals surface area contributed by atoms with Crippen molar-refractivity contribution in [2.45, 2.75) is 13.8 Å². The SMILES string of the molecule is Cc1cccc(Oc2cccc(F)c2[N+](=O)[O-])c1C. The highest BCUT2D eigenvalue weighted by molar-refractivity contribution is 5.51. The first-order valence-corrected chi connectivity index (χ1v) is 5.67. The van der Waals surface area contributed by atoms with Crippen molar-refractivity contribution < 1.29 is 14.1 Å². The van der Waals surface area contributed by atoms with Gasteiger partial charge in [-0.15, -0.1) is 0 Å². The number of nitro benzene ring substituents is 1. The predicted octanol–water partition coefficient (Wildman–Crippen LogP) is 4.14. The Morgan fingerprint density at radius 1 is 1.11 bits per heavy atom. The lowest BCUT2D eigenvalue weighted by Gasteiger charge is -2.10. The molecule has 0 fully saturated rings. The van der Waals surface area contributed by atoms with E-state index >= 15 is 0 Å². The Bertz CT molecular complexity index is 641. The number of hydrogen-bond acceptors (Lipinski definition) is 3. The van der Waals surface area contributed by atoms with Crippen LogP contribution < -0.4 is 4.74 Å². The van der Waals surface area contributed by atoms with Crippen LogP contribution in [0.25, 0.3) is 0 Å². The first kappa shape index (κ1) is 13.0. The summed E-state index contributed by atoms with van der Waals surface area (Å²) in [5, 5.41) is 10.9. The Morgan fingerprint density at radius 2 is 1.74 bits per heavy atom. The number of hydrogen-bond donors (Lipinski definition) is 0. The van der Waals surface area contributed by atoms with E-state index in [0.29, 0.717) is 5.75 Å². The maximum absolute atomic E-state index is 13.5. The maximum Gasteiger partial charge on any atom is 0.346 e. The smallest absolute Gasteiger partial charge is 0.346 e. The number of nitrogens with zero attached hydrogens (tertiary/aromatic N) is 1. The summed E-state index contributed by atoms with van der Waals surface area (Å²) >= 11 is 0. The highest BCUT2D eigenvalue weighted by atomic mass is 19.1. The molecule has 0 amide bonds. The van der Waals surface area contributed by atoms with Gasteiger partial charge in [0, 0.05) is 0 Å². The molecule has 2 aromatic rings. The number of halogens is 1. The van der Waals surface area contributed by atoms with Gasteiger partial charge in [0.05, 0.1) is 4.92 Å². The molecule has 0 saturated carbocycles. The van der Waals surface area contributed by atoms with E-state index in [-0.39, 0.29) is 5.75 Å². The molecule has 2 rings (SSSR count). The molecule has 0 aliphatic rings. The topological polar surface area (TPSA) is 52.4 Å². The fourth-order valence-electron chi connectivity index (χ4n) is 1.71. The van der Waals surface area contributed by atoms with Gasteiger partial charge in [0.1, 0.15) is 5.75 Å². The first-order valence-electron chi connectivity index (χ1n) is 5.67. The van der Waals surface area contributed by atoms with Crippen LogP contribution in [0.1, 0.15) is 11.1 Å².